The minimum Gasteiger partial charge on any atom is -0.0686 e. The molecule has 2 aromatic rings. The van der Waals surface area contributed by atoms with Crippen LogP contribution in [0.1, 0.15) is 44.4 Å². The summed E-state index contributed by atoms with van der Waals surface area (Å²) in [4.78, 5) is 0. The van der Waals surface area contributed by atoms with E-state index in [1.807, 2.05) is 0 Å². The molecule has 0 spiro atoms. The van der Waals surface area contributed by atoms with Gasteiger partial charge in [-0.25, -0.2) is 0 Å². The second-order valence-corrected chi connectivity index (χ2v) is 13.8. The summed E-state index contributed by atoms with van der Waals surface area (Å²) in [5, 5.41) is 0. The predicted molar refractivity (Wildman–Crippen MR) is 122 cm³/mol. The Labute approximate surface area is 165 Å². The molecule has 0 saturated heterocycles. The lowest BCUT2D eigenvalue weighted by Crippen LogP contribution is -2.41. The van der Waals surface area contributed by atoms with Crippen molar-refractivity contribution in [2.24, 2.45) is 0 Å². The maximum absolute atomic E-state index is 2.60. The predicted octanol–water partition coefficient (Wildman–Crippen LogP) is 7.77. The SMILES string of the molecule is CC1=CC(C)=C(C)C1[Si](C)(C)C1C(C)=Cc2c(-c3ccccc3)cccc21. The number of fused-ring (bicyclic) bond motifs is 1. The quantitative estimate of drug-likeness (QED) is 0.484. The fourth-order valence-corrected chi connectivity index (χ4v) is 11.1. The van der Waals surface area contributed by atoms with Crippen LogP contribution in [0.5, 0.6) is 0 Å². The first-order valence-electron chi connectivity index (χ1n) is 10.0. The van der Waals surface area contributed by atoms with E-state index in [-0.39, 0.29) is 0 Å². The molecule has 2 unspecified atom stereocenters. The zero-order chi connectivity index (χ0) is 19.3. The van der Waals surface area contributed by atoms with Gasteiger partial charge in [-0.1, -0.05) is 96.1 Å². The van der Waals surface area contributed by atoms with Gasteiger partial charge in [0.1, 0.15) is 0 Å². The summed E-state index contributed by atoms with van der Waals surface area (Å²) in [5.41, 5.74) is 13.1. The third kappa shape index (κ3) is 2.80. The first kappa shape index (κ1) is 18.2. The molecule has 2 aromatic carbocycles. The summed E-state index contributed by atoms with van der Waals surface area (Å²) in [6.45, 7) is 14.5. The molecule has 4 rings (SSSR count). The van der Waals surface area contributed by atoms with Crippen LogP contribution in [0.25, 0.3) is 17.2 Å². The first-order chi connectivity index (χ1) is 12.8. The molecule has 0 aromatic heterocycles. The molecule has 0 saturated carbocycles. The van der Waals surface area contributed by atoms with Crippen molar-refractivity contribution in [1.29, 1.82) is 0 Å². The lowest BCUT2D eigenvalue weighted by atomic mass is 9.97. The third-order valence-electron chi connectivity index (χ3n) is 6.81. The molecule has 0 N–H and O–H groups in total. The molecule has 138 valence electrons. The van der Waals surface area contributed by atoms with Crippen LogP contribution >= 0.6 is 0 Å². The standard InChI is InChI=1S/C26H30Si/c1-17-15-18(2)25(20(17)4)27(5,6)26-19(3)16-24-22(13-10-14-23(24)26)21-11-8-7-9-12-21/h7-16,25-26H,1-6H3. The van der Waals surface area contributed by atoms with E-state index in [1.165, 1.54) is 22.3 Å². The largest absolute Gasteiger partial charge is 0.0717 e. The van der Waals surface area contributed by atoms with Crippen molar-refractivity contribution >= 4 is 14.1 Å². The Hall–Kier alpha value is -2.12. The van der Waals surface area contributed by atoms with Gasteiger partial charge in [-0.15, -0.1) is 0 Å². The maximum Gasteiger partial charge on any atom is 0.0717 e. The zero-order valence-corrected chi connectivity index (χ0v) is 18.4. The Kier molecular flexibility index (Phi) is 4.39. The Morgan fingerprint density at radius 1 is 0.704 bits per heavy atom. The van der Waals surface area contributed by atoms with Gasteiger partial charge in [0.05, 0.1) is 8.07 Å². The van der Waals surface area contributed by atoms with E-state index >= 15 is 0 Å². The minimum atomic E-state index is -1.64. The normalized spacial score (nSPS) is 22.0. The summed E-state index contributed by atoms with van der Waals surface area (Å²) in [6, 6.07) is 17.8. The topological polar surface area (TPSA) is 0 Å². The van der Waals surface area contributed by atoms with Crippen LogP contribution in [0.15, 0.2) is 76.9 Å². The summed E-state index contributed by atoms with van der Waals surface area (Å²) in [7, 11) is -1.64. The lowest BCUT2D eigenvalue weighted by molar-refractivity contribution is 0.974. The van der Waals surface area contributed by atoms with Gasteiger partial charge in [-0.05, 0) is 55.5 Å². The number of rotatable bonds is 3. The number of hydrogen-bond acceptors (Lipinski definition) is 0. The summed E-state index contributed by atoms with van der Waals surface area (Å²) >= 11 is 0. The molecule has 0 aliphatic heterocycles. The first-order valence-corrected chi connectivity index (χ1v) is 13.2. The van der Waals surface area contributed by atoms with Crippen molar-refractivity contribution < 1.29 is 0 Å². The maximum atomic E-state index is 2.60. The molecule has 0 fully saturated rings. The molecule has 0 nitrogen and oxygen atoms in total. The Morgan fingerprint density at radius 3 is 2.00 bits per heavy atom. The van der Waals surface area contributed by atoms with Crippen LogP contribution in [0.4, 0.5) is 0 Å². The monoisotopic (exact) mass is 370 g/mol. The van der Waals surface area contributed by atoms with Gasteiger partial charge < -0.3 is 0 Å². The number of hydrogen-bond donors (Lipinski definition) is 0. The van der Waals surface area contributed by atoms with E-state index in [4.69, 9.17) is 0 Å². The third-order valence-corrected chi connectivity index (χ3v) is 11.4. The molecule has 0 radical (unpaired) electrons. The molecule has 0 bridgehead atoms. The molecule has 1 heteroatoms. The highest BCUT2D eigenvalue weighted by Crippen LogP contribution is 2.54. The van der Waals surface area contributed by atoms with Gasteiger partial charge in [-0.2, -0.15) is 0 Å². The van der Waals surface area contributed by atoms with Crippen molar-refractivity contribution in [1.82, 2.24) is 0 Å². The van der Waals surface area contributed by atoms with Gasteiger partial charge in [-0.3, -0.25) is 0 Å². The van der Waals surface area contributed by atoms with E-state index in [0.717, 1.165) is 0 Å². The fourth-order valence-electron chi connectivity index (χ4n) is 5.83. The number of allylic oxidation sites excluding steroid dienone is 5. The van der Waals surface area contributed by atoms with Crippen molar-refractivity contribution in [3.8, 4) is 11.1 Å². The van der Waals surface area contributed by atoms with Crippen molar-refractivity contribution in [3.05, 3.63) is 88.0 Å². The van der Waals surface area contributed by atoms with Crippen LogP contribution in [-0.2, 0) is 0 Å². The second-order valence-electron chi connectivity index (χ2n) is 9.00. The second kappa shape index (κ2) is 6.49. The van der Waals surface area contributed by atoms with Gasteiger partial charge in [0.2, 0.25) is 0 Å². The van der Waals surface area contributed by atoms with Crippen LogP contribution in [0, 0.1) is 0 Å². The van der Waals surface area contributed by atoms with Crippen molar-refractivity contribution in [3.63, 3.8) is 0 Å². The van der Waals surface area contributed by atoms with E-state index in [2.05, 4.69) is 101 Å². The van der Waals surface area contributed by atoms with Crippen molar-refractivity contribution in [2.75, 3.05) is 0 Å². The van der Waals surface area contributed by atoms with E-state index in [1.54, 1.807) is 22.3 Å². The summed E-state index contributed by atoms with van der Waals surface area (Å²) in [6.07, 6.45) is 4.89. The molecule has 27 heavy (non-hydrogen) atoms. The number of benzene rings is 2. The van der Waals surface area contributed by atoms with Gasteiger partial charge >= 0.3 is 0 Å². The van der Waals surface area contributed by atoms with Crippen LogP contribution in [-0.4, -0.2) is 8.07 Å². The van der Waals surface area contributed by atoms with Crippen LogP contribution < -0.4 is 0 Å². The van der Waals surface area contributed by atoms with E-state index in [0.29, 0.717) is 11.1 Å². The molecule has 0 amide bonds. The molecule has 2 aliphatic rings. The van der Waals surface area contributed by atoms with Crippen LogP contribution in [0.2, 0.25) is 18.6 Å². The highest BCUT2D eigenvalue weighted by atomic mass is 28.3. The molecular formula is C26H30Si. The zero-order valence-electron chi connectivity index (χ0n) is 17.4. The molecular weight excluding hydrogens is 340 g/mol. The average Bonchev–Trinajstić information content (AvgIpc) is 3.11. The van der Waals surface area contributed by atoms with Gasteiger partial charge in [0.15, 0.2) is 0 Å². The molecule has 2 atom stereocenters. The van der Waals surface area contributed by atoms with E-state index < -0.39 is 8.07 Å². The molecule has 2 aliphatic carbocycles. The Bertz CT molecular complexity index is 986. The highest BCUT2D eigenvalue weighted by Gasteiger charge is 2.46. The smallest absolute Gasteiger partial charge is 0.0686 e. The highest BCUT2D eigenvalue weighted by molar-refractivity contribution is 6.82. The van der Waals surface area contributed by atoms with Gasteiger partial charge in [0, 0.05) is 5.54 Å². The lowest BCUT2D eigenvalue weighted by Gasteiger charge is -2.39. The van der Waals surface area contributed by atoms with E-state index in [9.17, 15) is 0 Å². The molecule has 0 heterocycles. The fraction of sp³-hybridized carbons (Fsp3) is 0.308. The Balaban J connectivity index is 1.83. The Morgan fingerprint density at radius 2 is 1.37 bits per heavy atom. The van der Waals surface area contributed by atoms with Gasteiger partial charge in [0.25, 0.3) is 0 Å². The minimum absolute atomic E-state index is 0.588. The van der Waals surface area contributed by atoms with Crippen LogP contribution in [0.3, 0.4) is 0 Å². The average molecular weight is 371 g/mol. The summed E-state index contributed by atoms with van der Waals surface area (Å²) in [5.74, 6) is 0. The van der Waals surface area contributed by atoms with Crippen molar-refractivity contribution in [2.45, 2.75) is 51.9 Å². The summed E-state index contributed by atoms with van der Waals surface area (Å²) < 4.78 is 0.